The number of ether oxygens (including phenoxy) is 2. The Morgan fingerprint density at radius 1 is 0.735 bits per heavy atom. The fraction of sp³-hybridized carbons (Fsp3) is 0.558. The zero-order valence-electron chi connectivity index (χ0n) is 30.5. The Hall–Kier alpha value is -3.03. The van der Waals surface area contributed by atoms with Gasteiger partial charge < -0.3 is 24.8 Å². The van der Waals surface area contributed by atoms with E-state index >= 15 is 0 Å². The van der Waals surface area contributed by atoms with Gasteiger partial charge in [-0.15, -0.1) is 0 Å². The van der Waals surface area contributed by atoms with Crippen LogP contribution in [0.15, 0.2) is 72.8 Å². The highest BCUT2D eigenvalue weighted by molar-refractivity contribution is 5.73. The third-order valence-corrected chi connectivity index (χ3v) is 9.69. The number of rotatable bonds is 22. The number of benzene rings is 3. The second-order valence-corrected chi connectivity index (χ2v) is 13.9. The molecule has 268 valence electrons. The second kappa shape index (κ2) is 21.9. The van der Waals surface area contributed by atoms with Crippen LogP contribution in [0.1, 0.15) is 139 Å². The molecule has 6 heteroatoms. The number of aliphatic hydroxyl groups excluding tert-OH is 1. The summed E-state index contributed by atoms with van der Waals surface area (Å²) in [5.74, 6) is -0.0355. The van der Waals surface area contributed by atoms with E-state index in [2.05, 4.69) is 72.6 Å². The van der Waals surface area contributed by atoms with Crippen molar-refractivity contribution in [2.24, 2.45) is 0 Å². The first-order valence-corrected chi connectivity index (χ1v) is 19.2. The molecule has 1 fully saturated rings. The minimum Gasteiger partial charge on any atom is -0.392 e. The molecule has 0 radical (unpaired) electrons. The Morgan fingerprint density at radius 3 is 1.98 bits per heavy atom. The zero-order chi connectivity index (χ0) is 34.7. The Bertz CT molecular complexity index is 1340. The van der Waals surface area contributed by atoms with Gasteiger partial charge in [0.15, 0.2) is 6.29 Å². The summed E-state index contributed by atoms with van der Waals surface area (Å²) >= 11 is 0. The lowest BCUT2D eigenvalue weighted by molar-refractivity contribution is -0.253. The number of aliphatic hydroxyl groups is 1. The van der Waals surface area contributed by atoms with Gasteiger partial charge in [0.1, 0.15) is 0 Å². The van der Waals surface area contributed by atoms with Crippen molar-refractivity contribution >= 4 is 5.91 Å². The molecule has 49 heavy (non-hydrogen) atoms. The molecule has 0 aromatic heterocycles. The van der Waals surface area contributed by atoms with Crippen molar-refractivity contribution in [1.82, 2.24) is 10.2 Å². The number of carbonyl (C=O) groups is 1. The maximum Gasteiger partial charge on any atom is 0.217 e. The van der Waals surface area contributed by atoms with Gasteiger partial charge in [-0.1, -0.05) is 139 Å². The first-order valence-electron chi connectivity index (χ1n) is 19.2. The molecule has 3 atom stereocenters. The van der Waals surface area contributed by atoms with E-state index in [0.29, 0.717) is 6.54 Å². The number of hydrogen-bond donors (Lipinski definition) is 2. The van der Waals surface area contributed by atoms with Gasteiger partial charge in [0, 0.05) is 32.0 Å². The van der Waals surface area contributed by atoms with E-state index in [1.54, 1.807) is 6.92 Å². The Kier molecular flexibility index (Phi) is 17.3. The van der Waals surface area contributed by atoms with Crippen LogP contribution in [0.25, 0.3) is 11.1 Å². The average Bonchev–Trinajstić information content (AvgIpc) is 3.13. The molecule has 0 bridgehead atoms. The molecule has 1 aliphatic heterocycles. The minimum absolute atomic E-state index is 0.0326. The third-order valence-electron chi connectivity index (χ3n) is 9.69. The minimum atomic E-state index is -0.492. The van der Waals surface area contributed by atoms with Crippen molar-refractivity contribution in [2.75, 3.05) is 19.6 Å². The van der Waals surface area contributed by atoms with Gasteiger partial charge in [-0.05, 0) is 65.9 Å². The first kappa shape index (κ1) is 38.8. The van der Waals surface area contributed by atoms with E-state index in [-0.39, 0.29) is 24.7 Å². The van der Waals surface area contributed by atoms with Gasteiger partial charge in [0.05, 0.1) is 18.8 Å². The highest BCUT2D eigenvalue weighted by Gasteiger charge is 2.33. The molecule has 1 saturated heterocycles. The summed E-state index contributed by atoms with van der Waals surface area (Å²) in [6.07, 6.45) is 15.9. The molecule has 1 amide bonds. The third kappa shape index (κ3) is 13.7. The number of amides is 1. The highest BCUT2D eigenvalue weighted by Crippen LogP contribution is 2.39. The summed E-state index contributed by atoms with van der Waals surface area (Å²) in [7, 11) is 0. The van der Waals surface area contributed by atoms with Crippen molar-refractivity contribution in [3.63, 3.8) is 0 Å². The number of nitrogens with one attached hydrogen (secondary N) is 1. The van der Waals surface area contributed by atoms with E-state index in [1.165, 1.54) is 77.0 Å². The van der Waals surface area contributed by atoms with Gasteiger partial charge in [-0.2, -0.15) is 0 Å². The quantitative estimate of drug-likeness (QED) is 0.104. The topological polar surface area (TPSA) is 71.0 Å². The van der Waals surface area contributed by atoms with Crippen LogP contribution in [0.3, 0.4) is 0 Å². The molecule has 0 saturated carbocycles. The van der Waals surface area contributed by atoms with E-state index < -0.39 is 6.29 Å². The lowest BCUT2D eigenvalue weighted by atomic mass is 9.98. The Balaban J connectivity index is 1.51. The molecule has 0 spiro atoms. The number of nitrogens with zero attached hydrogens (tertiary/aromatic N) is 1. The van der Waals surface area contributed by atoms with Crippen LogP contribution in [-0.4, -0.2) is 41.7 Å². The fourth-order valence-corrected chi connectivity index (χ4v) is 6.80. The smallest absolute Gasteiger partial charge is 0.217 e. The van der Waals surface area contributed by atoms with Crippen LogP contribution >= 0.6 is 0 Å². The SMILES string of the molecule is CCCCCCCCN(CCCCCCCC)C[C@@H]1C[C@H](c2ccc(CO)cc2)O[C@H](c2cccc(-c3cccc(CNC(C)=O)c3)c2)O1. The maximum absolute atomic E-state index is 11.5. The molecule has 2 N–H and O–H groups in total. The van der Waals surface area contributed by atoms with Crippen LogP contribution in [0.2, 0.25) is 0 Å². The van der Waals surface area contributed by atoms with Crippen LogP contribution in [-0.2, 0) is 27.4 Å². The number of carbonyl (C=O) groups excluding carboxylic acids is 1. The summed E-state index contributed by atoms with van der Waals surface area (Å²) in [6, 6.07) is 25.0. The Morgan fingerprint density at radius 2 is 1.35 bits per heavy atom. The van der Waals surface area contributed by atoms with E-state index in [1.807, 2.05) is 24.3 Å². The van der Waals surface area contributed by atoms with Gasteiger partial charge in [-0.3, -0.25) is 4.79 Å². The summed E-state index contributed by atoms with van der Waals surface area (Å²) in [5, 5.41) is 12.6. The molecule has 3 aromatic rings. The van der Waals surface area contributed by atoms with Crippen LogP contribution in [0, 0.1) is 0 Å². The fourth-order valence-electron chi connectivity index (χ4n) is 6.80. The molecular weight excluding hydrogens is 608 g/mol. The number of hydrogen-bond acceptors (Lipinski definition) is 5. The molecule has 6 nitrogen and oxygen atoms in total. The zero-order valence-corrected chi connectivity index (χ0v) is 30.5. The predicted molar refractivity (Wildman–Crippen MR) is 201 cm³/mol. The lowest BCUT2D eigenvalue weighted by Gasteiger charge is -2.38. The van der Waals surface area contributed by atoms with E-state index in [9.17, 15) is 9.90 Å². The van der Waals surface area contributed by atoms with Crippen molar-refractivity contribution in [1.29, 1.82) is 0 Å². The molecule has 1 heterocycles. The highest BCUT2D eigenvalue weighted by atomic mass is 16.7. The number of unbranched alkanes of at least 4 members (excludes halogenated alkanes) is 10. The summed E-state index contributed by atoms with van der Waals surface area (Å²) in [4.78, 5) is 14.2. The van der Waals surface area contributed by atoms with Crippen molar-refractivity contribution in [2.45, 2.75) is 136 Å². The summed E-state index contributed by atoms with van der Waals surface area (Å²) < 4.78 is 13.6. The monoisotopic (exact) mass is 670 g/mol. The van der Waals surface area contributed by atoms with Gasteiger partial charge in [-0.25, -0.2) is 0 Å². The normalized spacial score (nSPS) is 17.8. The second-order valence-electron chi connectivity index (χ2n) is 13.9. The molecule has 1 aliphatic rings. The predicted octanol–water partition coefficient (Wildman–Crippen LogP) is 10.1. The molecule has 4 rings (SSSR count). The standard InChI is InChI=1S/C43H62N2O4/c1-4-6-8-10-12-14-26-45(27-15-13-11-9-7-5-2)32-41-30-42(37-24-22-35(33-46)23-25-37)49-43(48-41)40-21-17-20-39(29-40)38-19-16-18-36(28-38)31-44-34(3)47/h16-25,28-29,41-43,46H,4-15,26-27,30-33H2,1-3H3,(H,44,47)/t41-,42+,43+/m0/s1. The van der Waals surface area contributed by atoms with Crippen molar-refractivity contribution in [3.8, 4) is 11.1 Å². The van der Waals surface area contributed by atoms with Crippen LogP contribution < -0.4 is 5.32 Å². The molecular formula is C43H62N2O4. The Labute approximate surface area is 296 Å². The van der Waals surface area contributed by atoms with Crippen LogP contribution in [0.5, 0.6) is 0 Å². The van der Waals surface area contributed by atoms with E-state index in [0.717, 1.165) is 59.4 Å². The first-order chi connectivity index (χ1) is 24.0. The maximum atomic E-state index is 11.5. The average molecular weight is 671 g/mol. The van der Waals surface area contributed by atoms with Gasteiger partial charge >= 0.3 is 0 Å². The van der Waals surface area contributed by atoms with Crippen molar-refractivity contribution < 1.29 is 19.4 Å². The molecule has 0 aliphatic carbocycles. The summed E-state index contributed by atoms with van der Waals surface area (Å²) in [6.45, 7) is 9.78. The van der Waals surface area contributed by atoms with Gasteiger partial charge in [0.2, 0.25) is 5.91 Å². The van der Waals surface area contributed by atoms with Crippen LogP contribution in [0.4, 0.5) is 0 Å². The van der Waals surface area contributed by atoms with Crippen molar-refractivity contribution in [3.05, 3.63) is 95.1 Å². The largest absolute Gasteiger partial charge is 0.392 e. The summed E-state index contributed by atoms with van der Waals surface area (Å²) in [5.41, 5.74) is 6.28. The molecule has 0 unspecified atom stereocenters. The van der Waals surface area contributed by atoms with Gasteiger partial charge in [0.25, 0.3) is 0 Å². The molecule has 3 aromatic carbocycles. The van der Waals surface area contributed by atoms with E-state index in [4.69, 9.17) is 9.47 Å². The lowest BCUT2D eigenvalue weighted by Crippen LogP contribution is -2.40.